The Labute approximate surface area is 123 Å². The van der Waals surface area contributed by atoms with Gasteiger partial charge in [-0.05, 0) is 50.4 Å². The van der Waals surface area contributed by atoms with Crippen molar-refractivity contribution in [1.82, 2.24) is 10.3 Å². The van der Waals surface area contributed by atoms with E-state index >= 15 is 0 Å². The van der Waals surface area contributed by atoms with Crippen LogP contribution in [-0.4, -0.2) is 24.6 Å². The van der Waals surface area contributed by atoms with Crippen molar-refractivity contribution in [2.75, 3.05) is 18.5 Å². The fourth-order valence-electron chi connectivity index (χ4n) is 3.07. The van der Waals surface area contributed by atoms with Gasteiger partial charge < -0.3 is 10.2 Å². The van der Waals surface area contributed by atoms with Gasteiger partial charge in [0.2, 0.25) is 0 Å². The molecule has 1 aliphatic carbocycles. The van der Waals surface area contributed by atoms with Crippen LogP contribution in [0.5, 0.6) is 0 Å². The summed E-state index contributed by atoms with van der Waals surface area (Å²) in [4.78, 5) is 7.13. The van der Waals surface area contributed by atoms with Crippen LogP contribution in [0.2, 0.25) is 0 Å². The van der Waals surface area contributed by atoms with Crippen LogP contribution in [0, 0.1) is 6.92 Å². The first-order valence-electron chi connectivity index (χ1n) is 8.12. The Morgan fingerprint density at radius 2 is 2.00 bits per heavy atom. The largest absolute Gasteiger partial charge is 0.357 e. The molecule has 3 nitrogen and oxygen atoms in total. The summed E-state index contributed by atoms with van der Waals surface area (Å²) < 4.78 is 0. The summed E-state index contributed by atoms with van der Waals surface area (Å²) in [6.07, 6.45) is 7.94. The van der Waals surface area contributed by atoms with Crippen molar-refractivity contribution in [3.05, 3.63) is 23.4 Å². The van der Waals surface area contributed by atoms with Gasteiger partial charge in [0.25, 0.3) is 0 Å². The maximum atomic E-state index is 4.74. The number of aromatic nitrogens is 1. The number of anilines is 1. The third-order valence-corrected chi connectivity index (χ3v) is 4.24. The first-order valence-corrected chi connectivity index (χ1v) is 8.12. The molecule has 20 heavy (non-hydrogen) atoms. The lowest BCUT2D eigenvalue weighted by Gasteiger charge is -2.32. The van der Waals surface area contributed by atoms with E-state index in [1.165, 1.54) is 44.1 Å². The van der Waals surface area contributed by atoms with Gasteiger partial charge >= 0.3 is 0 Å². The Morgan fingerprint density at radius 3 is 2.70 bits per heavy atom. The van der Waals surface area contributed by atoms with Crippen LogP contribution in [0.3, 0.4) is 0 Å². The zero-order valence-corrected chi connectivity index (χ0v) is 13.3. The van der Waals surface area contributed by atoms with Gasteiger partial charge in [0.15, 0.2) is 0 Å². The van der Waals surface area contributed by atoms with Crippen molar-refractivity contribution in [3.8, 4) is 0 Å². The number of rotatable bonds is 6. The molecule has 0 radical (unpaired) electrons. The molecule has 0 atom stereocenters. The second-order valence-corrected chi connectivity index (χ2v) is 6.05. The fraction of sp³-hybridized carbons (Fsp3) is 0.706. The fourth-order valence-corrected chi connectivity index (χ4v) is 3.07. The van der Waals surface area contributed by atoms with E-state index in [0.29, 0.717) is 6.04 Å². The van der Waals surface area contributed by atoms with Crippen LogP contribution < -0.4 is 10.2 Å². The summed E-state index contributed by atoms with van der Waals surface area (Å²) >= 11 is 0. The summed E-state index contributed by atoms with van der Waals surface area (Å²) in [5.74, 6) is 1.14. The van der Waals surface area contributed by atoms with Crippen LogP contribution in [-0.2, 0) is 6.54 Å². The van der Waals surface area contributed by atoms with Crippen molar-refractivity contribution in [2.45, 2.75) is 65.0 Å². The molecule has 0 amide bonds. The van der Waals surface area contributed by atoms with Gasteiger partial charge in [0.05, 0.1) is 0 Å². The lowest BCUT2D eigenvalue weighted by molar-refractivity contribution is 0.426. The first kappa shape index (κ1) is 15.3. The highest BCUT2D eigenvalue weighted by Crippen LogP contribution is 2.25. The third-order valence-electron chi connectivity index (χ3n) is 4.24. The van der Waals surface area contributed by atoms with Crippen molar-refractivity contribution in [2.24, 2.45) is 0 Å². The number of nitrogens with zero attached hydrogens (tertiary/aromatic N) is 2. The molecule has 0 saturated heterocycles. The summed E-state index contributed by atoms with van der Waals surface area (Å²) in [5, 5.41) is 3.48. The van der Waals surface area contributed by atoms with Gasteiger partial charge in [0, 0.05) is 25.3 Å². The number of aryl methyl sites for hydroxylation is 1. The van der Waals surface area contributed by atoms with Crippen LogP contribution in [0.4, 0.5) is 5.82 Å². The monoisotopic (exact) mass is 275 g/mol. The molecule has 1 heterocycles. The lowest BCUT2D eigenvalue weighted by Crippen LogP contribution is -2.34. The van der Waals surface area contributed by atoms with Gasteiger partial charge in [0.1, 0.15) is 5.82 Å². The van der Waals surface area contributed by atoms with E-state index in [-0.39, 0.29) is 0 Å². The van der Waals surface area contributed by atoms with E-state index < -0.39 is 0 Å². The number of hydrogen-bond donors (Lipinski definition) is 1. The molecule has 0 bridgehead atoms. The molecule has 2 rings (SSSR count). The van der Waals surface area contributed by atoms with Crippen LogP contribution in [0.25, 0.3) is 0 Å². The predicted octanol–water partition coefficient (Wildman–Crippen LogP) is 3.66. The molecule has 1 aromatic heterocycles. The van der Waals surface area contributed by atoms with Crippen molar-refractivity contribution in [1.29, 1.82) is 0 Å². The lowest BCUT2D eigenvalue weighted by atomic mass is 9.94. The first-order chi connectivity index (χ1) is 9.70. The van der Waals surface area contributed by atoms with E-state index in [4.69, 9.17) is 4.98 Å². The summed E-state index contributed by atoms with van der Waals surface area (Å²) in [6.45, 7) is 6.33. The summed E-state index contributed by atoms with van der Waals surface area (Å²) in [7, 11) is 2.21. The standard InChI is InChI=1S/C17H29N3/c1-4-10-18-13-15-11-14(2)19-17(12-15)20(3)16-8-6-5-7-9-16/h11-12,16,18H,4-10,13H2,1-3H3. The maximum absolute atomic E-state index is 4.74. The van der Waals surface area contributed by atoms with E-state index in [1.807, 2.05) is 0 Å². The molecule has 1 N–H and O–H groups in total. The second kappa shape index (κ2) is 7.63. The van der Waals surface area contributed by atoms with Crippen molar-refractivity contribution >= 4 is 5.82 Å². The van der Waals surface area contributed by atoms with E-state index in [9.17, 15) is 0 Å². The quantitative estimate of drug-likeness (QED) is 0.803. The predicted molar refractivity (Wildman–Crippen MR) is 86.2 cm³/mol. The van der Waals surface area contributed by atoms with Crippen molar-refractivity contribution < 1.29 is 0 Å². The topological polar surface area (TPSA) is 28.2 Å². The van der Waals surface area contributed by atoms with Crippen molar-refractivity contribution in [3.63, 3.8) is 0 Å². The molecule has 1 aliphatic rings. The second-order valence-electron chi connectivity index (χ2n) is 6.05. The normalized spacial score (nSPS) is 16.4. The number of nitrogens with one attached hydrogen (secondary N) is 1. The Balaban J connectivity index is 2.05. The summed E-state index contributed by atoms with van der Waals surface area (Å²) in [6, 6.07) is 5.13. The smallest absolute Gasteiger partial charge is 0.129 e. The van der Waals surface area contributed by atoms with Crippen LogP contribution in [0.15, 0.2) is 12.1 Å². The molecular formula is C17H29N3. The SMILES string of the molecule is CCCNCc1cc(C)nc(N(C)C2CCCCC2)c1. The minimum atomic E-state index is 0.675. The Morgan fingerprint density at radius 1 is 1.25 bits per heavy atom. The van der Waals surface area contributed by atoms with Crippen LogP contribution in [0.1, 0.15) is 56.7 Å². The Bertz CT molecular complexity index is 411. The molecular weight excluding hydrogens is 246 g/mol. The van der Waals surface area contributed by atoms with E-state index in [1.54, 1.807) is 0 Å². The molecule has 1 saturated carbocycles. The number of hydrogen-bond acceptors (Lipinski definition) is 3. The van der Waals surface area contributed by atoms with Gasteiger partial charge in [-0.3, -0.25) is 0 Å². The molecule has 0 unspecified atom stereocenters. The van der Waals surface area contributed by atoms with Gasteiger partial charge in [-0.2, -0.15) is 0 Å². The highest BCUT2D eigenvalue weighted by atomic mass is 15.2. The minimum Gasteiger partial charge on any atom is -0.357 e. The average molecular weight is 275 g/mol. The molecule has 0 spiro atoms. The third kappa shape index (κ3) is 4.20. The van der Waals surface area contributed by atoms with Gasteiger partial charge in [-0.25, -0.2) is 4.98 Å². The average Bonchev–Trinajstić information content (AvgIpc) is 2.47. The Kier molecular flexibility index (Phi) is 5.84. The number of pyridine rings is 1. The molecule has 1 fully saturated rings. The molecule has 1 aromatic rings. The highest BCUT2D eigenvalue weighted by molar-refractivity contribution is 5.43. The molecule has 112 valence electrons. The summed E-state index contributed by atoms with van der Waals surface area (Å²) in [5.41, 5.74) is 2.47. The van der Waals surface area contributed by atoms with E-state index in [2.05, 4.69) is 43.2 Å². The minimum absolute atomic E-state index is 0.675. The maximum Gasteiger partial charge on any atom is 0.129 e. The zero-order chi connectivity index (χ0) is 14.4. The van der Waals surface area contributed by atoms with Gasteiger partial charge in [-0.15, -0.1) is 0 Å². The van der Waals surface area contributed by atoms with Gasteiger partial charge in [-0.1, -0.05) is 26.2 Å². The van der Waals surface area contributed by atoms with E-state index in [0.717, 1.165) is 24.6 Å². The zero-order valence-electron chi connectivity index (χ0n) is 13.3. The molecule has 0 aliphatic heterocycles. The highest BCUT2D eigenvalue weighted by Gasteiger charge is 2.19. The Hall–Kier alpha value is -1.09. The molecule has 0 aromatic carbocycles. The van der Waals surface area contributed by atoms with Crippen LogP contribution >= 0.6 is 0 Å². The molecule has 3 heteroatoms.